The van der Waals surface area contributed by atoms with Crippen molar-refractivity contribution in [1.29, 1.82) is 0 Å². The molecule has 0 heterocycles. The summed E-state index contributed by atoms with van der Waals surface area (Å²) in [6.07, 6.45) is 3.97. The van der Waals surface area contributed by atoms with Gasteiger partial charge in [0.2, 0.25) is 0 Å². The second-order valence-electron chi connectivity index (χ2n) is 5.81. The third-order valence-corrected chi connectivity index (χ3v) is 4.17. The maximum absolute atomic E-state index is 9.47. The summed E-state index contributed by atoms with van der Waals surface area (Å²) >= 11 is 0. The van der Waals surface area contributed by atoms with E-state index in [2.05, 4.69) is 11.8 Å². The molecule has 1 aliphatic carbocycles. The number of nitrogens with two attached hydrogens (primary N) is 1. The lowest BCUT2D eigenvalue weighted by Gasteiger charge is -2.44. The van der Waals surface area contributed by atoms with Crippen molar-refractivity contribution >= 4 is 0 Å². The number of aliphatic hydroxyl groups is 1. The highest BCUT2D eigenvalue weighted by atomic mass is 16.5. The Morgan fingerprint density at radius 1 is 1.42 bits per heavy atom. The molecule has 3 atom stereocenters. The van der Waals surface area contributed by atoms with Crippen LogP contribution in [0.2, 0.25) is 0 Å². The van der Waals surface area contributed by atoms with Crippen molar-refractivity contribution in [2.45, 2.75) is 50.2 Å². The van der Waals surface area contributed by atoms with Crippen molar-refractivity contribution in [2.75, 3.05) is 40.6 Å². The maximum Gasteiger partial charge on any atom is 0.0615 e. The van der Waals surface area contributed by atoms with Gasteiger partial charge in [0.1, 0.15) is 0 Å². The standard InChI is InChI=1S/C14H30N2O3/c1-12(10-19-3)16(7-8-18-2)13-5-4-6-14(15,9-13)11-17/h12-13,17H,4-11,15H2,1-3H3. The Hall–Kier alpha value is -0.200. The van der Waals surface area contributed by atoms with Crippen LogP contribution >= 0.6 is 0 Å². The van der Waals surface area contributed by atoms with E-state index in [0.717, 1.165) is 32.2 Å². The van der Waals surface area contributed by atoms with E-state index < -0.39 is 5.54 Å². The van der Waals surface area contributed by atoms with Gasteiger partial charge < -0.3 is 20.3 Å². The minimum absolute atomic E-state index is 0.0697. The Labute approximate surface area is 117 Å². The van der Waals surface area contributed by atoms with Gasteiger partial charge >= 0.3 is 0 Å². The van der Waals surface area contributed by atoms with Crippen LogP contribution in [-0.4, -0.2) is 68.2 Å². The van der Waals surface area contributed by atoms with Crippen LogP contribution in [0.1, 0.15) is 32.6 Å². The van der Waals surface area contributed by atoms with Gasteiger partial charge in [0, 0.05) is 38.4 Å². The first kappa shape index (κ1) is 16.9. The molecule has 0 aliphatic heterocycles. The first-order valence-electron chi connectivity index (χ1n) is 7.19. The molecule has 0 aromatic heterocycles. The smallest absolute Gasteiger partial charge is 0.0615 e. The molecule has 5 nitrogen and oxygen atoms in total. The molecule has 1 fully saturated rings. The van der Waals surface area contributed by atoms with E-state index in [1.807, 2.05) is 0 Å². The molecule has 1 aliphatic rings. The predicted molar refractivity (Wildman–Crippen MR) is 76.2 cm³/mol. The fourth-order valence-corrected chi connectivity index (χ4v) is 3.09. The molecule has 0 spiro atoms. The summed E-state index contributed by atoms with van der Waals surface area (Å²) in [5.41, 5.74) is 5.83. The first-order valence-corrected chi connectivity index (χ1v) is 7.19. The Morgan fingerprint density at radius 2 is 2.16 bits per heavy atom. The highest BCUT2D eigenvalue weighted by molar-refractivity contribution is 4.94. The van der Waals surface area contributed by atoms with Crippen LogP contribution in [0.15, 0.2) is 0 Å². The van der Waals surface area contributed by atoms with Gasteiger partial charge in [-0.3, -0.25) is 4.90 Å². The number of aliphatic hydroxyl groups excluding tert-OH is 1. The average molecular weight is 274 g/mol. The normalized spacial score (nSPS) is 29.7. The number of methoxy groups -OCH3 is 2. The molecule has 5 heteroatoms. The highest BCUT2D eigenvalue weighted by Crippen LogP contribution is 2.30. The van der Waals surface area contributed by atoms with Gasteiger partial charge in [-0.05, 0) is 32.6 Å². The number of hydrogen-bond donors (Lipinski definition) is 2. The summed E-state index contributed by atoms with van der Waals surface area (Å²) < 4.78 is 10.5. The average Bonchev–Trinajstić information content (AvgIpc) is 2.40. The van der Waals surface area contributed by atoms with E-state index in [0.29, 0.717) is 25.3 Å². The molecule has 19 heavy (non-hydrogen) atoms. The van der Waals surface area contributed by atoms with Gasteiger partial charge in [-0.25, -0.2) is 0 Å². The predicted octanol–water partition coefficient (Wildman–Crippen LogP) is 0.602. The summed E-state index contributed by atoms with van der Waals surface area (Å²) in [7, 11) is 3.45. The van der Waals surface area contributed by atoms with Crippen LogP contribution in [0, 0.1) is 0 Å². The fourth-order valence-electron chi connectivity index (χ4n) is 3.09. The quantitative estimate of drug-likeness (QED) is 0.678. The second-order valence-corrected chi connectivity index (χ2v) is 5.81. The van der Waals surface area contributed by atoms with Crippen molar-refractivity contribution in [3.05, 3.63) is 0 Å². The van der Waals surface area contributed by atoms with Gasteiger partial charge in [0.05, 0.1) is 19.8 Å². The number of ether oxygens (including phenoxy) is 2. The van der Waals surface area contributed by atoms with Crippen molar-refractivity contribution in [2.24, 2.45) is 5.73 Å². The van der Waals surface area contributed by atoms with E-state index in [4.69, 9.17) is 15.2 Å². The topological polar surface area (TPSA) is 68.0 Å². The summed E-state index contributed by atoms with van der Waals surface area (Å²) in [5, 5.41) is 9.47. The number of nitrogens with zero attached hydrogens (tertiary/aromatic N) is 1. The molecule has 0 radical (unpaired) electrons. The molecule has 0 saturated heterocycles. The monoisotopic (exact) mass is 274 g/mol. The SMILES string of the molecule is COCCN(C(C)COC)C1CCCC(N)(CO)C1. The number of rotatable bonds is 8. The van der Waals surface area contributed by atoms with Crippen LogP contribution in [0.3, 0.4) is 0 Å². The van der Waals surface area contributed by atoms with Crippen LogP contribution in [-0.2, 0) is 9.47 Å². The maximum atomic E-state index is 9.47. The Morgan fingerprint density at radius 3 is 2.74 bits per heavy atom. The second kappa shape index (κ2) is 8.17. The number of hydrogen-bond acceptors (Lipinski definition) is 5. The fraction of sp³-hybridized carbons (Fsp3) is 1.00. The molecule has 0 aromatic carbocycles. The van der Waals surface area contributed by atoms with Crippen LogP contribution < -0.4 is 5.73 Å². The summed E-state index contributed by atoms with van der Waals surface area (Å²) in [5.74, 6) is 0. The largest absolute Gasteiger partial charge is 0.394 e. The zero-order valence-corrected chi connectivity index (χ0v) is 12.6. The van der Waals surface area contributed by atoms with E-state index >= 15 is 0 Å². The van der Waals surface area contributed by atoms with Crippen LogP contribution in [0.4, 0.5) is 0 Å². The van der Waals surface area contributed by atoms with Crippen molar-refractivity contribution in [3.8, 4) is 0 Å². The third kappa shape index (κ3) is 5.00. The lowest BCUT2D eigenvalue weighted by molar-refractivity contribution is 0.0147. The van der Waals surface area contributed by atoms with Crippen molar-refractivity contribution in [3.63, 3.8) is 0 Å². The third-order valence-electron chi connectivity index (χ3n) is 4.17. The molecule has 0 amide bonds. The molecule has 1 saturated carbocycles. The molecule has 3 unspecified atom stereocenters. The first-order chi connectivity index (χ1) is 9.06. The summed E-state index contributed by atoms with van der Waals surface area (Å²) in [6.45, 7) is 4.54. The van der Waals surface area contributed by atoms with Gasteiger partial charge in [0.15, 0.2) is 0 Å². The Kier molecular flexibility index (Phi) is 7.25. The van der Waals surface area contributed by atoms with E-state index in [9.17, 15) is 5.11 Å². The van der Waals surface area contributed by atoms with Crippen LogP contribution in [0.5, 0.6) is 0 Å². The minimum atomic E-state index is -0.416. The summed E-state index contributed by atoms with van der Waals surface area (Å²) in [6, 6.07) is 0.748. The van der Waals surface area contributed by atoms with E-state index in [1.54, 1.807) is 14.2 Å². The van der Waals surface area contributed by atoms with Gasteiger partial charge in [-0.1, -0.05) is 0 Å². The zero-order valence-electron chi connectivity index (χ0n) is 12.6. The van der Waals surface area contributed by atoms with E-state index in [-0.39, 0.29) is 6.61 Å². The minimum Gasteiger partial charge on any atom is -0.394 e. The molecular weight excluding hydrogens is 244 g/mol. The molecule has 0 bridgehead atoms. The molecular formula is C14H30N2O3. The van der Waals surface area contributed by atoms with Crippen molar-refractivity contribution < 1.29 is 14.6 Å². The molecule has 0 aromatic rings. The Bertz CT molecular complexity index is 253. The highest BCUT2D eigenvalue weighted by Gasteiger charge is 2.36. The van der Waals surface area contributed by atoms with Gasteiger partial charge in [-0.15, -0.1) is 0 Å². The lowest BCUT2D eigenvalue weighted by Crippen LogP contribution is -2.55. The van der Waals surface area contributed by atoms with Gasteiger partial charge in [-0.2, -0.15) is 0 Å². The van der Waals surface area contributed by atoms with Crippen molar-refractivity contribution in [1.82, 2.24) is 4.90 Å². The Balaban J connectivity index is 2.67. The zero-order chi connectivity index (χ0) is 14.3. The molecule has 3 N–H and O–H groups in total. The molecule has 1 rings (SSSR count). The van der Waals surface area contributed by atoms with E-state index in [1.165, 1.54) is 0 Å². The lowest BCUT2D eigenvalue weighted by atomic mass is 9.79. The van der Waals surface area contributed by atoms with Gasteiger partial charge in [0.25, 0.3) is 0 Å². The van der Waals surface area contributed by atoms with Crippen LogP contribution in [0.25, 0.3) is 0 Å². The summed E-state index contributed by atoms with van der Waals surface area (Å²) in [4.78, 5) is 2.42. The molecule has 114 valence electrons.